The molecule has 1 N–H and O–H groups in total. The minimum atomic E-state index is 0.491. The Balaban J connectivity index is 2.74. The zero-order valence-corrected chi connectivity index (χ0v) is 11.2. The standard InChI is InChI=1S/C13H20BrN/c1-3-7-13(15-10-4-2)11-8-5-6-9-12(11)14/h5-6,8-9,13,15H,3-4,7,10H2,1-2H3. The third kappa shape index (κ3) is 3.96. The molecule has 1 rings (SSSR count). The molecule has 2 heteroatoms. The van der Waals surface area contributed by atoms with E-state index in [4.69, 9.17) is 0 Å². The maximum atomic E-state index is 3.62. The smallest absolute Gasteiger partial charge is 0.0331 e. The molecule has 0 heterocycles. The molecule has 1 atom stereocenters. The number of benzene rings is 1. The van der Waals surface area contributed by atoms with Crippen LogP contribution in [0, 0.1) is 0 Å². The number of hydrogen-bond acceptors (Lipinski definition) is 1. The van der Waals surface area contributed by atoms with Crippen LogP contribution in [0.4, 0.5) is 0 Å². The molecule has 0 aliphatic carbocycles. The molecule has 1 nitrogen and oxygen atoms in total. The second kappa shape index (κ2) is 7.02. The number of nitrogens with one attached hydrogen (secondary N) is 1. The van der Waals surface area contributed by atoms with Gasteiger partial charge in [-0.2, -0.15) is 0 Å². The van der Waals surface area contributed by atoms with Gasteiger partial charge in [0.15, 0.2) is 0 Å². The van der Waals surface area contributed by atoms with Gasteiger partial charge in [-0.25, -0.2) is 0 Å². The molecule has 0 saturated carbocycles. The van der Waals surface area contributed by atoms with Gasteiger partial charge in [0.1, 0.15) is 0 Å². The zero-order chi connectivity index (χ0) is 11.1. The largest absolute Gasteiger partial charge is 0.310 e. The second-order valence-corrected chi connectivity index (χ2v) is 4.67. The average Bonchev–Trinajstić information content (AvgIpc) is 2.25. The predicted octanol–water partition coefficient (Wildman–Crippen LogP) is 4.29. The molecule has 0 aromatic heterocycles. The molecule has 0 spiro atoms. The molecule has 0 fully saturated rings. The van der Waals surface area contributed by atoms with Crippen molar-refractivity contribution in [2.45, 2.75) is 39.2 Å². The molecular weight excluding hydrogens is 250 g/mol. The molecule has 15 heavy (non-hydrogen) atoms. The summed E-state index contributed by atoms with van der Waals surface area (Å²) < 4.78 is 1.21. The van der Waals surface area contributed by atoms with Gasteiger partial charge in [-0.05, 0) is 31.0 Å². The minimum Gasteiger partial charge on any atom is -0.310 e. The van der Waals surface area contributed by atoms with Gasteiger partial charge in [-0.3, -0.25) is 0 Å². The quantitative estimate of drug-likeness (QED) is 0.813. The Morgan fingerprint density at radius 3 is 2.53 bits per heavy atom. The first-order valence-electron chi connectivity index (χ1n) is 5.77. The van der Waals surface area contributed by atoms with Gasteiger partial charge in [0.2, 0.25) is 0 Å². The number of rotatable bonds is 6. The Morgan fingerprint density at radius 2 is 1.93 bits per heavy atom. The highest BCUT2D eigenvalue weighted by molar-refractivity contribution is 9.10. The molecule has 0 saturated heterocycles. The molecule has 84 valence electrons. The fourth-order valence-electron chi connectivity index (χ4n) is 1.73. The monoisotopic (exact) mass is 269 g/mol. The highest BCUT2D eigenvalue weighted by Crippen LogP contribution is 2.26. The summed E-state index contributed by atoms with van der Waals surface area (Å²) in [7, 11) is 0. The highest BCUT2D eigenvalue weighted by atomic mass is 79.9. The number of halogens is 1. The minimum absolute atomic E-state index is 0.491. The first-order chi connectivity index (χ1) is 7.29. The van der Waals surface area contributed by atoms with Gasteiger partial charge in [-0.15, -0.1) is 0 Å². The fraction of sp³-hybridized carbons (Fsp3) is 0.538. The molecule has 0 aliphatic rings. The van der Waals surface area contributed by atoms with Crippen LogP contribution in [-0.2, 0) is 0 Å². The van der Waals surface area contributed by atoms with Crippen LogP contribution in [0.3, 0.4) is 0 Å². The maximum Gasteiger partial charge on any atom is 0.0331 e. The molecule has 0 radical (unpaired) electrons. The van der Waals surface area contributed by atoms with Crippen LogP contribution in [0.15, 0.2) is 28.7 Å². The summed E-state index contributed by atoms with van der Waals surface area (Å²) in [5.74, 6) is 0. The van der Waals surface area contributed by atoms with Crippen molar-refractivity contribution in [2.24, 2.45) is 0 Å². The summed E-state index contributed by atoms with van der Waals surface area (Å²) in [4.78, 5) is 0. The van der Waals surface area contributed by atoms with Gasteiger partial charge in [0.05, 0.1) is 0 Å². The van der Waals surface area contributed by atoms with Crippen molar-refractivity contribution in [1.82, 2.24) is 5.32 Å². The van der Waals surface area contributed by atoms with Crippen LogP contribution in [0.5, 0.6) is 0 Å². The molecule has 1 aromatic carbocycles. The van der Waals surface area contributed by atoms with E-state index in [0.29, 0.717) is 6.04 Å². The van der Waals surface area contributed by atoms with E-state index < -0.39 is 0 Å². The fourth-order valence-corrected chi connectivity index (χ4v) is 2.29. The Labute approximate surface area is 101 Å². The van der Waals surface area contributed by atoms with E-state index in [1.54, 1.807) is 0 Å². The lowest BCUT2D eigenvalue weighted by atomic mass is 10.0. The molecule has 0 aliphatic heterocycles. The zero-order valence-electron chi connectivity index (χ0n) is 9.59. The Bertz CT molecular complexity index is 286. The maximum absolute atomic E-state index is 3.62. The van der Waals surface area contributed by atoms with E-state index in [9.17, 15) is 0 Å². The normalized spacial score (nSPS) is 12.7. The van der Waals surface area contributed by atoms with E-state index in [1.165, 1.54) is 29.3 Å². The third-order valence-corrected chi connectivity index (χ3v) is 3.22. The van der Waals surface area contributed by atoms with E-state index in [-0.39, 0.29) is 0 Å². The lowest BCUT2D eigenvalue weighted by molar-refractivity contribution is 0.492. The Hall–Kier alpha value is -0.340. The van der Waals surface area contributed by atoms with Crippen molar-refractivity contribution in [3.63, 3.8) is 0 Å². The van der Waals surface area contributed by atoms with E-state index in [2.05, 4.69) is 59.4 Å². The van der Waals surface area contributed by atoms with Gasteiger partial charge >= 0.3 is 0 Å². The Kier molecular flexibility index (Phi) is 5.96. The van der Waals surface area contributed by atoms with Crippen molar-refractivity contribution in [2.75, 3.05) is 6.54 Å². The molecular formula is C13H20BrN. The topological polar surface area (TPSA) is 12.0 Å². The summed E-state index contributed by atoms with van der Waals surface area (Å²) in [6.45, 7) is 5.53. The SMILES string of the molecule is CCCNC(CCC)c1ccccc1Br. The average molecular weight is 270 g/mol. The van der Waals surface area contributed by atoms with Crippen LogP contribution in [0.1, 0.15) is 44.7 Å². The van der Waals surface area contributed by atoms with Gasteiger partial charge < -0.3 is 5.32 Å². The second-order valence-electron chi connectivity index (χ2n) is 3.82. The van der Waals surface area contributed by atoms with Crippen LogP contribution < -0.4 is 5.32 Å². The molecule has 1 unspecified atom stereocenters. The van der Waals surface area contributed by atoms with Crippen molar-refractivity contribution in [3.05, 3.63) is 34.3 Å². The van der Waals surface area contributed by atoms with Crippen LogP contribution in [-0.4, -0.2) is 6.54 Å². The highest BCUT2D eigenvalue weighted by Gasteiger charge is 2.11. The van der Waals surface area contributed by atoms with Crippen molar-refractivity contribution >= 4 is 15.9 Å². The van der Waals surface area contributed by atoms with Crippen LogP contribution >= 0.6 is 15.9 Å². The summed E-state index contributed by atoms with van der Waals surface area (Å²) >= 11 is 3.62. The lowest BCUT2D eigenvalue weighted by Crippen LogP contribution is -2.22. The molecule has 0 amide bonds. The van der Waals surface area contributed by atoms with Gasteiger partial charge in [-0.1, -0.05) is 54.4 Å². The van der Waals surface area contributed by atoms with E-state index >= 15 is 0 Å². The van der Waals surface area contributed by atoms with Crippen LogP contribution in [0.25, 0.3) is 0 Å². The van der Waals surface area contributed by atoms with Crippen molar-refractivity contribution < 1.29 is 0 Å². The van der Waals surface area contributed by atoms with E-state index in [0.717, 1.165) is 6.54 Å². The summed E-state index contributed by atoms with van der Waals surface area (Å²) in [5, 5.41) is 3.60. The summed E-state index contributed by atoms with van der Waals surface area (Å²) in [6.07, 6.45) is 3.59. The van der Waals surface area contributed by atoms with Crippen LogP contribution in [0.2, 0.25) is 0 Å². The third-order valence-electron chi connectivity index (χ3n) is 2.50. The lowest BCUT2D eigenvalue weighted by Gasteiger charge is -2.19. The van der Waals surface area contributed by atoms with Gasteiger partial charge in [0.25, 0.3) is 0 Å². The first-order valence-corrected chi connectivity index (χ1v) is 6.56. The predicted molar refractivity (Wildman–Crippen MR) is 70.1 cm³/mol. The number of hydrogen-bond donors (Lipinski definition) is 1. The van der Waals surface area contributed by atoms with Crippen molar-refractivity contribution in [3.8, 4) is 0 Å². The summed E-state index contributed by atoms with van der Waals surface area (Å²) in [5.41, 5.74) is 1.38. The molecule has 1 aromatic rings. The van der Waals surface area contributed by atoms with Gasteiger partial charge in [0, 0.05) is 10.5 Å². The summed E-state index contributed by atoms with van der Waals surface area (Å²) in [6, 6.07) is 8.98. The first kappa shape index (κ1) is 12.7. The van der Waals surface area contributed by atoms with Crippen molar-refractivity contribution in [1.29, 1.82) is 0 Å². The van der Waals surface area contributed by atoms with E-state index in [1.807, 2.05) is 0 Å². The molecule has 0 bridgehead atoms. The Morgan fingerprint density at radius 1 is 1.20 bits per heavy atom.